The van der Waals surface area contributed by atoms with E-state index in [1.165, 1.54) is 128 Å². The van der Waals surface area contributed by atoms with Gasteiger partial charge in [0.25, 0.3) is 0 Å². The van der Waals surface area contributed by atoms with Gasteiger partial charge in [-0.15, -0.1) is 24.0 Å². The number of rotatable bonds is 31. The largest absolute Gasteiger partial charge is 0.107 e. The molecule has 0 atom stereocenters. The first-order chi connectivity index (χ1) is 19.2. The Kier molecular flexibility index (Phi) is 31.2. The monoisotopic (exact) mass is 734 g/mol. The normalized spacial score (nSPS) is 13.0. The van der Waals surface area contributed by atoms with E-state index in [1.54, 1.807) is 0 Å². The zero-order valence-corrected chi connectivity index (χ0v) is 32.9. The minimum absolute atomic E-state index is 0. The maximum absolute atomic E-state index is 13.3. The molecule has 0 amide bonds. The zero-order chi connectivity index (χ0) is 30.0. The summed E-state index contributed by atoms with van der Waals surface area (Å²) in [5.41, 5.74) is 0. The summed E-state index contributed by atoms with van der Waals surface area (Å²) in [5, 5.41) is 0. The van der Waals surface area contributed by atoms with Crippen LogP contribution in [0.25, 0.3) is 0 Å². The van der Waals surface area contributed by atoms with Crippen molar-refractivity contribution in [3.8, 4) is 0 Å². The molecule has 0 saturated carbocycles. The van der Waals surface area contributed by atoms with Gasteiger partial charge in [0.1, 0.15) is 0 Å². The van der Waals surface area contributed by atoms with E-state index < -0.39 is 19.8 Å². The summed E-state index contributed by atoms with van der Waals surface area (Å²) < 4.78 is 13.3. The molecular weight excluding hydrogens is 657 g/mol. The molecule has 0 aromatic heterocycles. The molecule has 0 rings (SSSR count). The van der Waals surface area contributed by atoms with Gasteiger partial charge in [0.15, 0.2) is 0 Å². The fourth-order valence-electron chi connectivity index (χ4n) is 6.86. The second-order valence-corrected chi connectivity index (χ2v) is 21.4. The summed E-state index contributed by atoms with van der Waals surface area (Å²) in [6.07, 6.45) is 35.9. The Hall–Kier alpha value is 1.31. The molecule has 0 heterocycles. The van der Waals surface area contributed by atoms with Gasteiger partial charge in [0.2, 0.25) is 0 Å². The van der Waals surface area contributed by atoms with Crippen LogP contribution in [0, 0.1) is 0 Å². The van der Waals surface area contributed by atoms with Crippen molar-refractivity contribution >= 4 is 38.8 Å². The molecule has 0 bridgehead atoms. The minimum Gasteiger partial charge on any atom is -0.107 e. The second-order valence-electron chi connectivity index (χ2n) is 13.8. The Morgan fingerprint density at radius 3 is 0.951 bits per heavy atom. The molecule has 252 valence electrons. The molecule has 0 unspecified atom stereocenters. The molecule has 0 radical (unpaired) electrons. The molecule has 3 nitrogen and oxygen atoms in total. The molecule has 0 spiro atoms. The van der Waals surface area contributed by atoms with Crippen molar-refractivity contribution in [3.63, 3.8) is 0 Å². The molecule has 0 fully saturated rings. The maximum atomic E-state index is 13.3. The molecule has 0 saturated heterocycles. The summed E-state index contributed by atoms with van der Waals surface area (Å²) in [7, 11) is -6.27. The predicted molar refractivity (Wildman–Crippen MR) is 202 cm³/mol. The second kappa shape index (κ2) is 28.8. The van der Waals surface area contributed by atoms with E-state index in [0.717, 1.165) is 57.5 Å². The first-order valence-corrected chi connectivity index (χ1v) is 23.1. The summed E-state index contributed by atoms with van der Waals surface area (Å²) >= 11 is 0. The summed E-state index contributed by atoms with van der Waals surface area (Å²) in [6.45, 7) is 11.3. The van der Waals surface area contributed by atoms with Crippen molar-refractivity contribution in [2.75, 3.05) is 19.5 Å². The van der Waals surface area contributed by atoms with Crippen molar-refractivity contribution in [1.29, 1.82) is 0 Å². The smallest absolute Gasteiger partial charge is 0.107 e. The molecule has 0 aliphatic carbocycles. The van der Waals surface area contributed by atoms with Gasteiger partial charge < -0.3 is 0 Å². The molecule has 0 aromatic carbocycles. The van der Waals surface area contributed by atoms with Crippen LogP contribution in [-0.2, 0) is 4.57 Å². The van der Waals surface area contributed by atoms with Gasteiger partial charge in [-0.3, -0.25) is 0 Å². The predicted octanol–water partition coefficient (Wildman–Crippen LogP) is 13.5. The van der Waals surface area contributed by atoms with Crippen molar-refractivity contribution in [3.05, 3.63) is 0 Å². The average Bonchev–Trinajstić information content (AvgIpc) is 2.91. The zero-order valence-electron chi connectivity index (χ0n) is 28.7. The van der Waals surface area contributed by atoms with Crippen LogP contribution in [0.1, 0.15) is 201 Å². The van der Waals surface area contributed by atoms with Crippen LogP contribution in [0.2, 0.25) is 0 Å². The summed E-state index contributed by atoms with van der Waals surface area (Å²) in [6, 6.07) is 0. The Balaban J connectivity index is 0. The van der Waals surface area contributed by atoms with E-state index in [9.17, 15) is 14.4 Å². The molecule has 41 heavy (non-hydrogen) atoms. The van der Waals surface area contributed by atoms with Crippen LogP contribution in [0.4, 0.5) is 0 Å². The van der Waals surface area contributed by atoms with E-state index >= 15 is 0 Å². The summed E-state index contributed by atoms with van der Waals surface area (Å²) in [4.78, 5) is 21.0. The number of hydrogen-bond donors (Lipinski definition) is 2. The van der Waals surface area contributed by atoms with E-state index in [0.29, 0.717) is 0 Å². The third-order valence-corrected chi connectivity index (χ3v) is 18.7. The fourth-order valence-corrected chi connectivity index (χ4v) is 14.7. The van der Waals surface area contributed by atoms with E-state index in [-0.39, 0.29) is 24.0 Å². The molecule has 2 N–H and O–H groups in total. The Labute approximate surface area is 276 Å². The Bertz CT molecular complexity index is 566. The number of unbranched alkanes of at least 4 members (excludes halogenated alkanes) is 23. The molecular formula is C35H77IO3P2. The molecule has 0 aliphatic rings. The summed E-state index contributed by atoms with van der Waals surface area (Å²) in [5.74, 6) is 0. The maximum Gasteiger partial charge on any atom is -0.107 e. The third kappa shape index (κ3) is 21.6. The van der Waals surface area contributed by atoms with Gasteiger partial charge in [-0.1, -0.05) is 39.5 Å². The van der Waals surface area contributed by atoms with Crippen LogP contribution in [-0.4, -0.2) is 34.2 Å². The molecule has 0 aromatic rings. The molecule has 6 heteroatoms. The van der Waals surface area contributed by atoms with Crippen LogP contribution < -0.4 is 0 Å². The van der Waals surface area contributed by atoms with Gasteiger partial charge in [0, 0.05) is 0 Å². The van der Waals surface area contributed by atoms with Crippen LogP contribution in [0.5, 0.6) is 0 Å². The van der Waals surface area contributed by atoms with Crippen LogP contribution in [0.15, 0.2) is 0 Å². The van der Waals surface area contributed by atoms with Crippen molar-refractivity contribution < 1.29 is 14.4 Å². The average molecular weight is 735 g/mol. The van der Waals surface area contributed by atoms with Gasteiger partial charge in [0.05, 0.1) is 0 Å². The van der Waals surface area contributed by atoms with Gasteiger partial charge >= 0.3 is 215 Å². The SMILES string of the molecule is CCCCCCCCCCCCCCC(CCCCCCCCCCCCCC)(P(=O)(O)O)[PH](C)(C)CCCC.I. The number of halogens is 1. The standard InChI is InChI=1S/C35H76O3P2.HI/c1-6-9-12-14-16-18-20-22-24-26-28-30-32-35(40(36,37)38,39(4,5)34-11-8-3)33-31-29-27-25-23-21-19-17-15-13-10-7-2;/h39H,6-34H2,1-5H3,(H2,36,37,38);1H. The van der Waals surface area contributed by atoms with Gasteiger partial charge in [-0.25, -0.2) is 0 Å². The van der Waals surface area contributed by atoms with E-state index in [2.05, 4.69) is 34.1 Å². The Morgan fingerprint density at radius 1 is 0.463 bits per heavy atom. The van der Waals surface area contributed by atoms with Crippen molar-refractivity contribution in [2.24, 2.45) is 0 Å². The van der Waals surface area contributed by atoms with E-state index in [4.69, 9.17) is 0 Å². The Morgan fingerprint density at radius 2 is 0.707 bits per heavy atom. The first kappa shape index (κ1) is 44.4. The quantitative estimate of drug-likeness (QED) is 0.0424. The van der Waals surface area contributed by atoms with Crippen LogP contribution >= 0.6 is 38.8 Å². The fraction of sp³-hybridized carbons (Fsp3) is 1.00. The third-order valence-electron chi connectivity index (χ3n) is 9.86. The first-order valence-electron chi connectivity index (χ1n) is 18.2. The number of hydrogen-bond acceptors (Lipinski definition) is 1. The van der Waals surface area contributed by atoms with Crippen LogP contribution in [0.3, 0.4) is 0 Å². The van der Waals surface area contributed by atoms with Crippen molar-refractivity contribution in [1.82, 2.24) is 0 Å². The topological polar surface area (TPSA) is 57.5 Å². The minimum atomic E-state index is -4.17. The van der Waals surface area contributed by atoms with Gasteiger partial charge in [-0.2, -0.15) is 0 Å². The van der Waals surface area contributed by atoms with Crippen molar-refractivity contribution in [2.45, 2.75) is 205 Å². The van der Waals surface area contributed by atoms with E-state index in [1.807, 2.05) is 0 Å². The van der Waals surface area contributed by atoms with Gasteiger partial charge in [-0.05, 0) is 0 Å². The molecule has 0 aliphatic heterocycles.